The number of aliphatic imine (C=N–C) groups is 1. The number of guanidine groups is 1. The molecule has 0 amide bonds. The summed E-state index contributed by atoms with van der Waals surface area (Å²) in [6.45, 7) is 1.14. The van der Waals surface area contributed by atoms with E-state index in [4.69, 9.17) is 4.74 Å². The van der Waals surface area contributed by atoms with Gasteiger partial charge in [-0.15, -0.1) is 0 Å². The summed E-state index contributed by atoms with van der Waals surface area (Å²) in [5.41, 5.74) is 1.93. The number of hydrogen-bond donors (Lipinski definition) is 3. The molecule has 0 aliphatic carbocycles. The molecule has 0 saturated heterocycles. The van der Waals surface area contributed by atoms with Gasteiger partial charge in [0.1, 0.15) is 11.5 Å². The number of ether oxygens (including phenoxy) is 1. The Morgan fingerprint density at radius 3 is 2.68 bits per heavy atom. The third kappa shape index (κ3) is 4.18. The fourth-order valence-corrected chi connectivity index (χ4v) is 2.08. The summed E-state index contributed by atoms with van der Waals surface area (Å²) in [5.74, 6) is 1.61. The first-order valence-electron chi connectivity index (χ1n) is 7.03. The van der Waals surface area contributed by atoms with Gasteiger partial charge in [-0.1, -0.05) is 0 Å². The molecule has 0 spiro atoms. The molecule has 6 nitrogen and oxygen atoms in total. The van der Waals surface area contributed by atoms with Gasteiger partial charge in [0, 0.05) is 45.1 Å². The highest BCUT2D eigenvalue weighted by molar-refractivity contribution is 5.79. The number of phenolic OH excluding ortho intramolecular Hbond substituents is 1. The number of benzene rings is 1. The molecule has 2 rings (SSSR count). The van der Waals surface area contributed by atoms with E-state index in [1.807, 2.05) is 30.1 Å². The zero-order valence-electron chi connectivity index (χ0n) is 13.1. The quantitative estimate of drug-likeness (QED) is 0.579. The van der Waals surface area contributed by atoms with Crippen LogP contribution in [0.5, 0.6) is 11.5 Å². The molecule has 22 heavy (non-hydrogen) atoms. The molecule has 3 N–H and O–H groups in total. The van der Waals surface area contributed by atoms with E-state index in [1.165, 1.54) is 5.56 Å². The second kappa shape index (κ2) is 7.40. The summed E-state index contributed by atoms with van der Waals surface area (Å²) in [6.07, 6.45) is 4.05. The minimum Gasteiger partial charge on any atom is -0.508 e. The van der Waals surface area contributed by atoms with Crippen LogP contribution in [-0.2, 0) is 20.1 Å². The van der Waals surface area contributed by atoms with Crippen LogP contribution in [0.25, 0.3) is 0 Å². The van der Waals surface area contributed by atoms with Crippen LogP contribution in [0.2, 0.25) is 0 Å². The summed E-state index contributed by atoms with van der Waals surface area (Å²) in [4.78, 5) is 4.17. The summed E-state index contributed by atoms with van der Waals surface area (Å²) < 4.78 is 7.17. The second-order valence-electron chi connectivity index (χ2n) is 4.96. The van der Waals surface area contributed by atoms with Crippen molar-refractivity contribution in [3.8, 4) is 11.5 Å². The Morgan fingerprint density at radius 2 is 2.05 bits per heavy atom. The number of phenols is 1. The van der Waals surface area contributed by atoms with Gasteiger partial charge in [0.15, 0.2) is 5.96 Å². The summed E-state index contributed by atoms with van der Waals surface area (Å²) in [5, 5.41) is 16.3. The van der Waals surface area contributed by atoms with Gasteiger partial charge in [-0.3, -0.25) is 4.99 Å². The molecule has 0 atom stereocenters. The van der Waals surface area contributed by atoms with Gasteiger partial charge in [0.2, 0.25) is 0 Å². The molecular formula is C16H22N4O2. The highest BCUT2D eigenvalue weighted by atomic mass is 16.5. The average Bonchev–Trinajstić information content (AvgIpc) is 2.94. The maximum atomic E-state index is 9.87. The monoisotopic (exact) mass is 302 g/mol. The lowest BCUT2D eigenvalue weighted by atomic mass is 10.2. The van der Waals surface area contributed by atoms with Gasteiger partial charge in [0.05, 0.1) is 7.11 Å². The van der Waals surface area contributed by atoms with E-state index in [0.29, 0.717) is 24.8 Å². The zero-order chi connectivity index (χ0) is 15.9. The predicted molar refractivity (Wildman–Crippen MR) is 87.1 cm³/mol. The predicted octanol–water partition coefficient (Wildman–Crippen LogP) is 1.60. The van der Waals surface area contributed by atoms with Crippen molar-refractivity contribution in [2.75, 3.05) is 14.2 Å². The van der Waals surface area contributed by atoms with Crippen LogP contribution in [0.3, 0.4) is 0 Å². The van der Waals surface area contributed by atoms with Crippen LogP contribution in [0, 0.1) is 0 Å². The molecule has 6 heteroatoms. The van der Waals surface area contributed by atoms with Crippen molar-refractivity contribution in [3.63, 3.8) is 0 Å². The Morgan fingerprint density at radius 1 is 1.27 bits per heavy atom. The van der Waals surface area contributed by atoms with Crippen molar-refractivity contribution in [2.24, 2.45) is 12.0 Å². The van der Waals surface area contributed by atoms with Crippen molar-refractivity contribution in [1.82, 2.24) is 15.2 Å². The van der Waals surface area contributed by atoms with Crippen molar-refractivity contribution in [3.05, 3.63) is 47.8 Å². The number of aryl methyl sites for hydroxylation is 1. The van der Waals surface area contributed by atoms with Crippen LogP contribution in [-0.4, -0.2) is 29.8 Å². The fourth-order valence-electron chi connectivity index (χ4n) is 2.08. The number of nitrogens with zero attached hydrogens (tertiary/aromatic N) is 2. The molecule has 0 unspecified atom stereocenters. The van der Waals surface area contributed by atoms with E-state index >= 15 is 0 Å². The Kier molecular flexibility index (Phi) is 5.30. The number of aromatic nitrogens is 1. The van der Waals surface area contributed by atoms with E-state index in [2.05, 4.69) is 15.6 Å². The van der Waals surface area contributed by atoms with Crippen molar-refractivity contribution in [1.29, 1.82) is 0 Å². The minimum atomic E-state index is 0.229. The van der Waals surface area contributed by atoms with E-state index in [-0.39, 0.29) is 5.75 Å². The zero-order valence-corrected chi connectivity index (χ0v) is 13.1. The van der Waals surface area contributed by atoms with Crippen LogP contribution in [0.4, 0.5) is 0 Å². The molecule has 0 fully saturated rings. The van der Waals surface area contributed by atoms with Crippen molar-refractivity contribution < 1.29 is 9.84 Å². The molecule has 0 aliphatic rings. The van der Waals surface area contributed by atoms with E-state index in [9.17, 15) is 5.11 Å². The van der Waals surface area contributed by atoms with Gasteiger partial charge in [-0.25, -0.2) is 0 Å². The molecule has 1 heterocycles. The second-order valence-corrected chi connectivity index (χ2v) is 4.96. The molecule has 0 aliphatic heterocycles. The fraction of sp³-hybridized carbons (Fsp3) is 0.312. The molecule has 0 radical (unpaired) electrons. The molecule has 0 saturated carbocycles. The Bertz CT molecular complexity index is 649. The molecular weight excluding hydrogens is 280 g/mol. The SMILES string of the molecule is CN=C(NCc1ccn(C)c1)NCc1cc(OC)ccc1O. The molecule has 1 aromatic carbocycles. The number of nitrogens with one attached hydrogen (secondary N) is 2. The number of hydrogen-bond acceptors (Lipinski definition) is 3. The Balaban J connectivity index is 1.91. The van der Waals surface area contributed by atoms with E-state index < -0.39 is 0 Å². The van der Waals surface area contributed by atoms with E-state index in [1.54, 1.807) is 32.4 Å². The number of methoxy groups -OCH3 is 1. The van der Waals surface area contributed by atoms with Gasteiger partial charge in [-0.2, -0.15) is 0 Å². The van der Waals surface area contributed by atoms with Gasteiger partial charge < -0.3 is 25.0 Å². The average molecular weight is 302 g/mol. The normalized spacial score (nSPS) is 11.3. The maximum Gasteiger partial charge on any atom is 0.191 e. The van der Waals surface area contributed by atoms with Gasteiger partial charge in [-0.05, 0) is 29.8 Å². The lowest BCUT2D eigenvalue weighted by Gasteiger charge is -2.13. The largest absolute Gasteiger partial charge is 0.508 e. The number of rotatable bonds is 5. The van der Waals surface area contributed by atoms with E-state index in [0.717, 1.165) is 5.56 Å². The molecule has 1 aromatic heterocycles. The van der Waals surface area contributed by atoms with Crippen LogP contribution in [0.15, 0.2) is 41.7 Å². The maximum absolute atomic E-state index is 9.87. The third-order valence-corrected chi connectivity index (χ3v) is 3.31. The van der Waals surface area contributed by atoms with Crippen molar-refractivity contribution >= 4 is 5.96 Å². The van der Waals surface area contributed by atoms with Gasteiger partial charge in [0.25, 0.3) is 0 Å². The lowest BCUT2D eigenvalue weighted by Crippen LogP contribution is -2.36. The summed E-state index contributed by atoms with van der Waals surface area (Å²) >= 11 is 0. The lowest BCUT2D eigenvalue weighted by molar-refractivity contribution is 0.410. The third-order valence-electron chi connectivity index (χ3n) is 3.31. The first-order valence-corrected chi connectivity index (χ1v) is 7.03. The molecule has 0 bridgehead atoms. The topological polar surface area (TPSA) is 70.8 Å². The van der Waals surface area contributed by atoms with Crippen LogP contribution < -0.4 is 15.4 Å². The van der Waals surface area contributed by atoms with Crippen LogP contribution >= 0.6 is 0 Å². The molecule has 2 aromatic rings. The smallest absolute Gasteiger partial charge is 0.191 e. The van der Waals surface area contributed by atoms with Gasteiger partial charge >= 0.3 is 0 Å². The first kappa shape index (κ1) is 15.8. The molecule has 118 valence electrons. The summed E-state index contributed by atoms with van der Waals surface area (Å²) in [7, 11) is 5.30. The summed E-state index contributed by atoms with van der Waals surface area (Å²) in [6, 6.07) is 7.19. The highest BCUT2D eigenvalue weighted by Crippen LogP contribution is 2.22. The Labute approximate surface area is 130 Å². The first-order chi connectivity index (χ1) is 10.6. The van der Waals surface area contributed by atoms with Crippen LogP contribution in [0.1, 0.15) is 11.1 Å². The number of aromatic hydroxyl groups is 1. The minimum absolute atomic E-state index is 0.229. The Hall–Kier alpha value is -2.63. The van der Waals surface area contributed by atoms with Crippen molar-refractivity contribution in [2.45, 2.75) is 13.1 Å². The standard InChI is InChI=1S/C16H22N4O2/c1-17-16(18-9-12-6-7-20(2)11-12)19-10-13-8-14(22-3)4-5-15(13)21/h4-8,11,21H,9-10H2,1-3H3,(H2,17,18,19). The highest BCUT2D eigenvalue weighted by Gasteiger charge is 2.05.